The lowest BCUT2D eigenvalue weighted by Gasteiger charge is -2.31. The number of imidazole rings is 1. The Labute approximate surface area is 184 Å². The van der Waals surface area contributed by atoms with Crippen molar-refractivity contribution in [2.45, 2.75) is 44.4 Å². The molecule has 166 valence electrons. The second-order valence-corrected chi connectivity index (χ2v) is 8.78. The molecule has 0 aliphatic carbocycles. The first-order valence-electron chi connectivity index (χ1n) is 10.9. The minimum absolute atomic E-state index is 0.195. The van der Waals surface area contributed by atoms with Gasteiger partial charge in [0.15, 0.2) is 5.82 Å². The summed E-state index contributed by atoms with van der Waals surface area (Å²) in [6.07, 6.45) is 3.55. The normalized spacial score (nSPS) is 26.9. The minimum Gasteiger partial charge on any atom is -0.488 e. The zero-order chi connectivity index (χ0) is 22.0. The lowest BCUT2D eigenvalue weighted by atomic mass is 9.89. The van der Waals surface area contributed by atoms with E-state index in [0.717, 1.165) is 16.8 Å². The van der Waals surface area contributed by atoms with E-state index in [2.05, 4.69) is 14.7 Å². The van der Waals surface area contributed by atoms with Gasteiger partial charge in [-0.25, -0.2) is 9.37 Å². The lowest BCUT2D eigenvalue weighted by Crippen LogP contribution is -2.30. The van der Waals surface area contributed by atoms with E-state index >= 15 is 4.39 Å². The molecule has 1 aromatic carbocycles. The summed E-state index contributed by atoms with van der Waals surface area (Å²) in [6, 6.07) is 5.17. The molecule has 0 saturated carbocycles. The van der Waals surface area contributed by atoms with E-state index in [0.29, 0.717) is 43.3 Å². The van der Waals surface area contributed by atoms with Crippen molar-refractivity contribution in [2.24, 2.45) is 5.16 Å². The molecule has 6 rings (SSSR count). The van der Waals surface area contributed by atoms with Crippen molar-refractivity contribution in [3.63, 3.8) is 0 Å². The molecule has 5 heterocycles. The van der Waals surface area contributed by atoms with Crippen LogP contribution >= 0.6 is 0 Å². The van der Waals surface area contributed by atoms with Crippen LogP contribution in [0.1, 0.15) is 43.4 Å². The molecule has 3 aromatic rings. The molecular formula is C23H24FN5O3. The van der Waals surface area contributed by atoms with Gasteiger partial charge in [0.05, 0.1) is 23.8 Å². The number of rotatable bonds is 3. The Hall–Kier alpha value is -3.20. The minimum atomic E-state index is -0.422. The van der Waals surface area contributed by atoms with Crippen molar-refractivity contribution in [1.29, 1.82) is 0 Å². The monoisotopic (exact) mass is 437 g/mol. The van der Waals surface area contributed by atoms with Gasteiger partial charge in [0.25, 0.3) is 0 Å². The van der Waals surface area contributed by atoms with Crippen molar-refractivity contribution in [3.8, 4) is 5.75 Å². The summed E-state index contributed by atoms with van der Waals surface area (Å²) in [5.41, 5.74) is 3.37. The highest BCUT2D eigenvalue weighted by Gasteiger charge is 2.39. The van der Waals surface area contributed by atoms with E-state index in [1.165, 1.54) is 6.07 Å². The summed E-state index contributed by atoms with van der Waals surface area (Å²) < 4.78 is 23.9. The van der Waals surface area contributed by atoms with Gasteiger partial charge in [0.1, 0.15) is 29.5 Å². The largest absolute Gasteiger partial charge is 0.488 e. The number of anilines is 1. The number of aliphatic hydroxyl groups excluding tert-OH is 1. The summed E-state index contributed by atoms with van der Waals surface area (Å²) >= 11 is 0. The average molecular weight is 437 g/mol. The molecule has 1 N–H and O–H groups in total. The van der Waals surface area contributed by atoms with Crippen LogP contribution in [0.2, 0.25) is 0 Å². The summed E-state index contributed by atoms with van der Waals surface area (Å²) in [4.78, 5) is 16.5. The first-order chi connectivity index (χ1) is 15.5. The summed E-state index contributed by atoms with van der Waals surface area (Å²) in [5, 5.41) is 14.2. The molecule has 32 heavy (non-hydrogen) atoms. The van der Waals surface area contributed by atoms with Gasteiger partial charge in [-0.1, -0.05) is 11.2 Å². The predicted molar refractivity (Wildman–Crippen MR) is 117 cm³/mol. The molecule has 0 radical (unpaired) electrons. The highest BCUT2D eigenvalue weighted by atomic mass is 19.1. The quantitative estimate of drug-likeness (QED) is 0.678. The van der Waals surface area contributed by atoms with Crippen molar-refractivity contribution in [2.75, 3.05) is 24.6 Å². The van der Waals surface area contributed by atoms with Crippen molar-refractivity contribution < 1.29 is 19.1 Å². The number of ether oxygens (including phenoxy) is 1. The van der Waals surface area contributed by atoms with Crippen LogP contribution in [0.5, 0.6) is 5.75 Å². The third-order valence-electron chi connectivity index (χ3n) is 6.71. The van der Waals surface area contributed by atoms with E-state index < -0.39 is 11.9 Å². The molecule has 8 nitrogen and oxygen atoms in total. The first kappa shape index (κ1) is 19.5. The van der Waals surface area contributed by atoms with E-state index in [-0.39, 0.29) is 23.6 Å². The molecule has 1 saturated heterocycles. The molecule has 0 amide bonds. The van der Waals surface area contributed by atoms with Crippen LogP contribution in [0.4, 0.5) is 10.3 Å². The predicted octanol–water partition coefficient (Wildman–Crippen LogP) is 3.00. The van der Waals surface area contributed by atoms with Gasteiger partial charge in [-0.05, 0) is 38.0 Å². The first-order valence-corrected chi connectivity index (χ1v) is 10.9. The number of hydrogen-bond acceptors (Lipinski definition) is 7. The number of β-amino-alcohol motifs (C(OH)–C–C–N with tert-alkyl or cyclic N) is 1. The van der Waals surface area contributed by atoms with Crippen LogP contribution in [0, 0.1) is 5.82 Å². The highest BCUT2D eigenvalue weighted by Crippen LogP contribution is 2.46. The van der Waals surface area contributed by atoms with Gasteiger partial charge in [0.2, 0.25) is 5.95 Å². The van der Waals surface area contributed by atoms with Gasteiger partial charge in [-0.3, -0.25) is 9.55 Å². The Balaban J connectivity index is 1.61. The number of halogens is 1. The maximum Gasteiger partial charge on any atom is 0.207 e. The smallest absolute Gasteiger partial charge is 0.207 e. The van der Waals surface area contributed by atoms with Crippen LogP contribution in [-0.4, -0.2) is 57.3 Å². The number of pyridine rings is 1. The van der Waals surface area contributed by atoms with Gasteiger partial charge >= 0.3 is 0 Å². The fraction of sp³-hybridized carbons (Fsp3) is 0.435. The number of aromatic nitrogens is 3. The second kappa shape index (κ2) is 7.16. The van der Waals surface area contributed by atoms with Crippen molar-refractivity contribution >= 4 is 22.7 Å². The van der Waals surface area contributed by atoms with Crippen LogP contribution < -0.4 is 9.64 Å². The van der Waals surface area contributed by atoms with E-state index in [9.17, 15) is 5.11 Å². The molecule has 3 aliphatic rings. The summed E-state index contributed by atoms with van der Waals surface area (Å²) in [7, 11) is 0. The Morgan fingerprint density at radius 1 is 1.31 bits per heavy atom. The summed E-state index contributed by atoms with van der Waals surface area (Å²) in [5.74, 6) is 0.670. The van der Waals surface area contributed by atoms with Crippen LogP contribution in [0.3, 0.4) is 0 Å². The van der Waals surface area contributed by atoms with Gasteiger partial charge in [-0.15, -0.1) is 0 Å². The Morgan fingerprint density at radius 3 is 2.88 bits per heavy atom. The van der Waals surface area contributed by atoms with Gasteiger partial charge in [0, 0.05) is 31.0 Å². The zero-order valence-electron chi connectivity index (χ0n) is 17.9. The third-order valence-corrected chi connectivity index (χ3v) is 6.71. The van der Waals surface area contributed by atoms with Crippen molar-refractivity contribution in [3.05, 3.63) is 47.5 Å². The molecule has 9 heteroatoms. The third kappa shape index (κ3) is 2.80. The maximum atomic E-state index is 15.5. The average Bonchev–Trinajstić information content (AvgIpc) is 3.49. The molecule has 1 fully saturated rings. The molecular weight excluding hydrogens is 413 g/mol. The number of aliphatic hydroxyl groups is 1. The fourth-order valence-electron chi connectivity index (χ4n) is 5.19. The fourth-order valence-corrected chi connectivity index (χ4v) is 5.19. The van der Waals surface area contributed by atoms with E-state index in [4.69, 9.17) is 14.6 Å². The number of oxime groups is 1. The zero-order valence-corrected chi connectivity index (χ0v) is 17.9. The molecule has 4 unspecified atom stereocenters. The highest BCUT2D eigenvalue weighted by molar-refractivity contribution is 5.95. The lowest BCUT2D eigenvalue weighted by molar-refractivity contribution is 0.0897. The molecule has 3 aliphatic heterocycles. The number of hydrogen-bond donors (Lipinski definition) is 1. The second-order valence-electron chi connectivity index (χ2n) is 8.78. The summed E-state index contributed by atoms with van der Waals surface area (Å²) in [6.45, 7) is 5.30. The van der Waals surface area contributed by atoms with Gasteiger partial charge < -0.3 is 19.6 Å². The molecule has 0 spiro atoms. The Bertz CT molecular complexity index is 1230. The molecule has 2 aromatic heterocycles. The molecule has 4 atom stereocenters. The maximum absolute atomic E-state index is 15.5. The van der Waals surface area contributed by atoms with Gasteiger partial charge in [-0.2, -0.15) is 0 Å². The Kier molecular flexibility index (Phi) is 4.36. The number of benzene rings is 1. The topological polar surface area (TPSA) is 85.0 Å². The standard InChI is InChI=1S/C23H24FN5O3/c1-12-19(13(2)32-27-12)16-8-17(24)20-21-22(16)31-11-18(14-4-3-6-25-9-14)29(21)23(26-20)28-7-5-15(30)10-28/h3-4,6,8-9,13,15,18-19,30H,5,7,10-11H2,1-2H3. The SMILES string of the molecule is CC1=NOC(C)C1c1cc(F)c2nc(N3CCC(O)C3)n3c2c1OCC3c1cccnc1. The number of nitrogens with zero attached hydrogens (tertiary/aromatic N) is 5. The van der Waals surface area contributed by atoms with E-state index in [1.807, 2.05) is 30.9 Å². The van der Waals surface area contributed by atoms with Crippen molar-refractivity contribution in [1.82, 2.24) is 14.5 Å². The van der Waals surface area contributed by atoms with Crippen LogP contribution in [0.25, 0.3) is 11.0 Å². The van der Waals surface area contributed by atoms with Crippen LogP contribution in [0.15, 0.2) is 35.7 Å². The van der Waals surface area contributed by atoms with E-state index in [1.54, 1.807) is 12.4 Å². The Morgan fingerprint density at radius 2 is 2.19 bits per heavy atom. The van der Waals surface area contributed by atoms with Crippen LogP contribution in [-0.2, 0) is 4.84 Å². The molecule has 0 bridgehead atoms.